The van der Waals surface area contributed by atoms with E-state index in [0.717, 1.165) is 0 Å². The van der Waals surface area contributed by atoms with Crippen molar-refractivity contribution in [2.75, 3.05) is 0 Å². The van der Waals surface area contributed by atoms with Gasteiger partial charge in [0.2, 0.25) is 0 Å². The summed E-state index contributed by atoms with van der Waals surface area (Å²) in [6, 6.07) is 5.83. The van der Waals surface area contributed by atoms with Crippen LogP contribution in [0.1, 0.15) is 5.56 Å². The van der Waals surface area contributed by atoms with Crippen LogP contribution < -0.4 is 0 Å². The molecule has 0 saturated heterocycles. The molecule has 0 bridgehead atoms. The van der Waals surface area contributed by atoms with Crippen LogP contribution in [0.15, 0.2) is 29.2 Å². The van der Waals surface area contributed by atoms with Gasteiger partial charge in [0.15, 0.2) is 10.7 Å². The van der Waals surface area contributed by atoms with E-state index in [4.69, 9.17) is 0 Å². The van der Waals surface area contributed by atoms with Gasteiger partial charge in [0.1, 0.15) is 6.67 Å². The first-order valence-corrected chi connectivity index (χ1v) is 4.21. The summed E-state index contributed by atoms with van der Waals surface area (Å²) in [5, 5.41) is 0. The Kier molecular flexibility index (Phi) is 2.59. The summed E-state index contributed by atoms with van der Waals surface area (Å²) < 4.78 is 32.7. The second kappa shape index (κ2) is 3.48. The Morgan fingerprint density at radius 1 is 1.36 bits per heavy atom. The lowest BCUT2D eigenvalue weighted by atomic mass is 10.2. The van der Waals surface area contributed by atoms with Crippen LogP contribution in [0.3, 0.4) is 0 Å². The number of halogens is 1. The maximum Gasteiger partial charge on any atom is 0.168 e. The lowest BCUT2D eigenvalue weighted by molar-refractivity contribution is 0.484. The molecule has 60 valence electrons. The molecule has 0 spiro atoms. The van der Waals surface area contributed by atoms with Gasteiger partial charge in [0, 0.05) is 0 Å². The van der Waals surface area contributed by atoms with Crippen LogP contribution in [0.2, 0.25) is 0 Å². The Balaban J connectivity index is 3.10. The highest BCUT2D eigenvalue weighted by molar-refractivity contribution is 7.72. The van der Waals surface area contributed by atoms with Gasteiger partial charge in [-0.15, -0.1) is 0 Å². The van der Waals surface area contributed by atoms with Crippen LogP contribution in [-0.2, 0) is 17.4 Å². The van der Waals surface area contributed by atoms with E-state index in [1.54, 1.807) is 6.07 Å². The van der Waals surface area contributed by atoms with E-state index in [1.807, 2.05) is 0 Å². The molecule has 2 nitrogen and oxygen atoms in total. The number of hydrogen-bond donors (Lipinski definition) is 1. The van der Waals surface area contributed by atoms with Crippen molar-refractivity contribution in [1.82, 2.24) is 0 Å². The minimum atomic E-state index is -2.58. The van der Waals surface area contributed by atoms with Crippen LogP contribution >= 0.6 is 0 Å². The molecule has 0 saturated carbocycles. The zero-order chi connectivity index (χ0) is 8.27. The molecule has 0 aliphatic heterocycles. The molecule has 0 aliphatic rings. The number of benzene rings is 1. The van der Waals surface area contributed by atoms with E-state index < -0.39 is 17.4 Å². The third kappa shape index (κ3) is 2.01. The van der Waals surface area contributed by atoms with Gasteiger partial charge in [-0.25, -0.2) is 12.8 Å². The van der Waals surface area contributed by atoms with Crippen LogP contribution in [0.25, 0.3) is 0 Å². The highest BCUT2D eigenvalue weighted by Crippen LogP contribution is 2.06. The first-order valence-electron chi connectivity index (χ1n) is 3.03. The van der Waals surface area contributed by atoms with Gasteiger partial charge < -0.3 is 0 Å². The number of alkyl halides is 1. The average Bonchev–Trinajstić information content (AvgIpc) is 2.05. The second-order valence-corrected chi connectivity index (χ2v) is 3.09. The van der Waals surface area contributed by atoms with E-state index in [9.17, 15) is 12.8 Å². The van der Waals surface area contributed by atoms with Gasteiger partial charge in [0.05, 0.1) is 4.90 Å². The Morgan fingerprint density at radius 3 is 2.64 bits per heavy atom. The third-order valence-electron chi connectivity index (χ3n) is 1.28. The normalized spacial score (nSPS) is 10.4. The quantitative estimate of drug-likeness (QED) is 0.682. The summed E-state index contributed by atoms with van der Waals surface area (Å²) in [6.07, 6.45) is 0. The highest BCUT2D eigenvalue weighted by Gasteiger charge is 1.95. The number of hydrogen-bond acceptors (Lipinski definition) is 2. The molecule has 11 heavy (non-hydrogen) atoms. The van der Waals surface area contributed by atoms with E-state index in [0.29, 0.717) is 5.56 Å². The lowest BCUT2D eigenvalue weighted by Crippen LogP contribution is -1.83. The first-order chi connectivity index (χ1) is 5.24. The summed E-state index contributed by atoms with van der Waals surface area (Å²) in [6.45, 7) is -0.628. The third-order valence-corrected chi connectivity index (χ3v) is 1.98. The Bertz CT molecular complexity index is 312. The zero-order valence-corrected chi connectivity index (χ0v) is 6.55. The Labute approximate surface area is 65.6 Å². The van der Waals surface area contributed by atoms with Gasteiger partial charge in [-0.2, -0.15) is 0 Å². The van der Waals surface area contributed by atoms with Crippen LogP contribution in [0.5, 0.6) is 0 Å². The molecule has 0 heterocycles. The van der Waals surface area contributed by atoms with E-state index in [1.165, 1.54) is 18.2 Å². The molecule has 0 amide bonds. The molecule has 0 unspecified atom stereocenters. The topological polar surface area (TPSA) is 34.1 Å². The fourth-order valence-electron chi connectivity index (χ4n) is 0.753. The maximum atomic E-state index is 12.0. The van der Waals surface area contributed by atoms with Crippen LogP contribution in [-0.4, -0.2) is 8.42 Å². The second-order valence-electron chi connectivity index (χ2n) is 2.06. The zero-order valence-electron chi connectivity index (χ0n) is 5.66. The molecule has 0 N–H and O–H groups in total. The summed E-state index contributed by atoms with van der Waals surface area (Å²) >= 11 is 0. The molecule has 0 aromatic heterocycles. The van der Waals surface area contributed by atoms with Gasteiger partial charge in [-0.05, 0) is 17.7 Å². The molecule has 0 radical (unpaired) electrons. The van der Waals surface area contributed by atoms with Gasteiger partial charge in [0.25, 0.3) is 0 Å². The molecule has 0 aliphatic carbocycles. The number of thiol groups is 1. The highest BCUT2D eigenvalue weighted by atomic mass is 32.2. The molecule has 4 heteroatoms. The van der Waals surface area contributed by atoms with E-state index >= 15 is 0 Å². The Morgan fingerprint density at radius 2 is 2.09 bits per heavy atom. The fourth-order valence-corrected chi connectivity index (χ4v) is 1.23. The smallest absolute Gasteiger partial charge is 0.168 e. The molecule has 0 fully saturated rings. The molecule has 1 aromatic carbocycles. The van der Waals surface area contributed by atoms with E-state index in [-0.39, 0.29) is 4.90 Å². The van der Waals surface area contributed by atoms with Crippen molar-refractivity contribution in [3.63, 3.8) is 0 Å². The predicted molar refractivity (Wildman–Crippen MR) is 39.8 cm³/mol. The lowest BCUT2D eigenvalue weighted by Gasteiger charge is -1.93. The SMILES string of the molecule is O=[SH](=O)c1cccc(CF)c1. The summed E-state index contributed by atoms with van der Waals surface area (Å²) in [5.74, 6) is 0. The van der Waals surface area contributed by atoms with Crippen molar-refractivity contribution >= 4 is 10.7 Å². The van der Waals surface area contributed by atoms with Crippen molar-refractivity contribution in [1.29, 1.82) is 0 Å². The van der Waals surface area contributed by atoms with Crippen molar-refractivity contribution < 1.29 is 12.8 Å². The molecule has 1 rings (SSSR count). The molecular weight excluding hydrogens is 167 g/mol. The van der Waals surface area contributed by atoms with Gasteiger partial charge in [-0.3, -0.25) is 0 Å². The summed E-state index contributed by atoms with van der Waals surface area (Å²) in [4.78, 5) is 0.162. The largest absolute Gasteiger partial charge is 0.246 e. The standard InChI is InChI=1S/C7H7FO2S/c8-5-6-2-1-3-7(4-6)11(9)10/h1-4,11H,5H2. The van der Waals surface area contributed by atoms with Crippen LogP contribution in [0.4, 0.5) is 4.39 Å². The average molecular weight is 174 g/mol. The monoisotopic (exact) mass is 174 g/mol. The van der Waals surface area contributed by atoms with Crippen molar-refractivity contribution in [3.8, 4) is 0 Å². The van der Waals surface area contributed by atoms with Crippen LogP contribution in [0, 0.1) is 0 Å². The van der Waals surface area contributed by atoms with Crippen molar-refractivity contribution in [2.24, 2.45) is 0 Å². The Hall–Kier alpha value is -0.900. The van der Waals surface area contributed by atoms with E-state index in [2.05, 4.69) is 0 Å². The number of rotatable bonds is 2. The minimum absolute atomic E-state index is 0.162. The minimum Gasteiger partial charge on any atom is -0.246 e. The maximum absolute atomic E-state index is 12.0. The molecule has 1 aromatic rings. The first kappa shape index (κ1) is 8.20. The van der Waals surface area contributed by atoms with Gasteiger partial charge in [-0.1, -0.05) is 12.1 Å². The van der Waals surface area contributed by atoms with Crippen molar-refractivity contribution in [3.05, 3.63) is 29.8 Å². The summed E-state index contributed by atoms with van der Waals surface area (Å²) in [7, 11) is -2.58. The predicted octanol–water partition coefficient (Wildman–Crippen LogP) is 1.13. The molecule has 0 atom stereocenters. The summed E-state index contributed by atoms with van der Waals surface area (Å²) in [5.41, 5.74) is 0.390. The van der Waals surface area contributed by atoms with Crippen molar-refractivity contribution in [2.45, 2.75) is 11.6 Å². The fraction of sp³-hybridized carbons (Fsp3) is 0.143. The van der Waals surface area contributed by atoms with Gasteiger partial charge >= 0.3 is 0 Å². The molecular formula is C7H7FO2S.